The Morgan fingerprint density at radius 2 is 1.81 bits per heavy atom. The zero-order valence-corrected chi connectivity index (χ0v) is 14.6. The first-order chi connectivity index (χ1) is 13.0. The Labute approximate surface area is 154 Å². The molecule has 0 fully saturated rings. The Bertz CT molecular complexity index is 1030. The van der Waals surface area contributed by atoms with Gasteiger partial charge in [-0.05, 0) is 36.4 Å². The first-order valence-corrected chi connectivity index (χ1v) is 7.91. The molecule has 2 aromatic carbocycles. The van der Waals surface area contributed by atoms with Crippen LogP contribution in [0.2, 0.25) is 0 Å². The number of nitrogens with one attached hydrogen (secondary N) is 1. The van der Waals surface area contributed by atoms with Crippen molar-refractivity contribution in [3.05, 3.63) is 76.3 Å². The van der Waals surface area contributed by atoms with Gasteiger partial charge < -0.3 is 14.8 Å². The molecule has 0 saturated heterocycles. The number of halogens is 1. The lowest BCUT2D eigenvalue weighted by Gasteiger charge is -2.12. The lowest BCUT2D eigenvalue weighted by Crippen LogP contribution is -2.26. The lowest BCUT2D eigenvalue weighted by atomic mass is 10.2. The smallest absolute Gasteiger partial charge is 0.280 e. The summed E-state index contributed by atoms with van der Waals surface area (Å²) in [6.45, 7) is 0. The zero-order chi connectivity index (χ0) is 19.4. The van der Waals surface area contributed by atoms with E-state index in [1.54, 1.807) is 24.3 Å². The molecule has 3 aromatic rings. The molecular formula is C19H16FN3O4. The van der Waals surface area contributed by atoms with E-state index in [-0.39, 0.29) is 11.6 Å². The number of hydrogen-bond acceptors (Lipinski definition) is 5. The van der Waals surface area contributed by atoms with Crippen molar-refractivity contribution in [1.29, 1.82) is 0 Å². The fourth-order valence-electron chi connectivity index (χ4n) is 2.40. The van der Waals surface area contributed by atoms with E-state index in [2.05, 4.69) is 10.4 Å². The van der Waals surface area contributed by atoms with Gasteiger partial charge >= 0.3 is 0 Å². The number of rotatable bonds is 5. The second-order valence-corrected chi connectivity index (χ2v) is 5.47. The number of aromatic nitrogens is 2. The molecule has 1 aromatic heterocycles. The SMILES string of the molecule is COc1cccc(NC(=O)c2nn(-c3ccc(F)cc3)c(OC)cc2=O)c1. The molecule has 0 atom stereocenters. The summed E-state index contributed by atoms with van der Waals surface area (Å²) in [5.74, 6) is -0.440. The molecule has 7 nitrogen and oxygen atoms in total. The van der Waals surface area contributed by atoms with Crippen LogP contribution in [0.1, 0.15) is 10.5 Å². The van der Waals surface area contributed by atoms with E-state index >= 15 is 0 Å². The number of carbonyl (C=O) groups excluding carboxylic acids is 1. The Hall–Kier alpha value is -3.68. The van der Waals surface area contributed by atoms with Crippen molar-refractivity contribution in [2.75, 3.05) is 19.5 Å². The first kappa shape index (κ1) is 18.1. The number of nitrogens with zero attached hydrogens (tertiary/aromatic N) is 2. The molecule has 8 heteroatoms. The van der Waals surface area contributed by atoms with Crippen molar-refractivity contribution < 1.29 is 18.7 Å². The van der Waals surface area contributed by atoms with Crippen LogP contribution in [0.4, 0.5) is 10.1 Å². The molecule has 0 aliphatic carbocycles. The predicted molar refractivity (Wildman–Crippen MR) is 97.3 cm³/mol. The van der Waals surface area contributed by atoms with Gasteiger partial charge in [-0.25, -0.2) is 9.07 Å². The Kier molecular flexibility index (Phi) is 5.16. The van der Waals surface area contributed by atoms with Gasteiger partial charge in [-0.1, -0.05) is 6.07 Å². The summed E-state index contributed by atoms with van der Waals surface area (Å²) in [6.07, 6.45) is 0. The Morgan fingerprint density at radius 3 is 2.48 bits per heavy atom. The molecule has 0 spiro atoms. The van der Waals surface area contributed by atoms with E-state index in [1.807, 2.05) is 0 Å². The molecule has 0 saturated carbocycles. The van der Waals surface area contributed by atoms with E-state index in [0.29, 0.717) is 17.1 Å². The van der Waals surface area contributed by atoms with Gasteiger partial charge in [-0.3, -0.25) is 9.59 Å². The summed E-state index contributed by atoms with van der Waals surface area (Å²) < 4.78 is 24.7. The number of benzene rings is 2. The predicted octanol–water partition coefficient (Wildman–Crippen LogP) is 2.64. The maximum absolute atomic E-state index is 13.2. The normalized spacial score (nSPS) is 10.3. The van der Waals surface area contributed by atoms with E-state index in [4.69, 9.17) is 9.47 Å². The number of amides is 1. The minimum absolute atomic E-state index is 0.115. The van der Waals surface area contributed by atoms with Crippen LogP contribution in [0.3, 0.4) is 0 Å². The van der Waals surface area contributed by atoms with E-state index in [1.165, 1.54) is 43.2 Å². The van der Waals surface area contributed by atoms with Gasteiger partial charge in [0, 0.05) is 11.8 Å². The highest BCUT2D eigenvalue weighted by Gasteiger charge is 2.17. The van der Waals surface area contributed by atoms with Gasteiger partial charge in [0.1, 0.15) is 11.6 Å². The molecule has 1 N–H and O–H groups in total. The Morgan fingerprint density at radius 1 is 1.07 bits per heavy atom. The van der Waals surface area contributed by atoms with Crippen molar-refractivity contribution in [1.82, 2.24) is 9.78 Å². The summed E-state index contributed by atoms with van der Waals surface area (Å²) in [4.78, 5) is 24.8. The van der Waals surface area contributed by atoms with Crippen LogP contribution in [-0.4, -0.2) is 29.9 Å². The van der Waals surface area contributed by atoms with Crippen molar-refractivity contribution in [3.8, 4) is 17.3 Å². The summed E-state index contributed by atoms with van der Waals surface area (Å²) in [7, 11) is 2.87. The largest absolute Gasteiger partial charge is 0.497 e. The highest BCUT2D eigenvalue weighted by Crippen LogP contribution is 2.18. The van der Waals surface area contributed by atoms with E-state index in [9.17, 15) is 14.0 Å². The van der Waals surface area contributed by atoms with Crippen molar-refractivity contribution in [3.63, 3.8) is 0 Å². The number of methoxy groups -OCH3 is 2. The highest BCUT2D eigenvalue weighted by atomic mass is 19.1. The zero-order valence-electron chi connectivity index (χ0n) is 14.6. The quantitative estimate of drug-likeness (QED) is 0.748. The van der Waals surface area contributed by atoms with E-state index in [0.717, 1.165) is 6.07 Å². The third-order valence-corrected chi connectivity index (χ3v) is 3.72. The van der Waals surface area contributed by atoms with Gasteiger partial charge in [0.05, 0.1) is 26.0 Å². The van der Waals surface area contributed by atoms with Crippen LogP contribution in [0.25, 0.3) is 5.69 Å². The molecular weight excluding hydrogens is 353 g/mol. The van der Waals surface area contributed by atoms with Crippen molar-refractivity contribution >= 4 is 11.6 Å². The Balaban J connectivity index is 1.99. The number of ether oxygens (including phenoxy) is 2. The van der Waals surface area contributed by atoms with Crippen LogP contribution < -0.4 is 20.2 Å². The lowest BCUT2D eigenvalue weighted by molar-refractivity contribution is 0.101. The van der Waals surface area contributed by atoms with E-state index < -0.39 is 17.2 Å². The number of anilines is 1. The molecule has 0 unspecified atom stereocenters. The summed E-state index contributed by atoms with van der Waals surface area (Å²) >= 11 is 0. The second kappa shape index (κ2) is 7.69. The van der Waals surface area contributed by atoms with Gasteiger partial charge in [-0.2, -0.15) is 5.10 Å². The minimum atomic E-state index is -0.688. The maximum Gasteiger partial charge on any atom is 0.280 e. The van der Waals surface area contributed by atoms with Crippen LogP contribution in [0.15, 0.2) is 59.4 Å². The van der Waals surface area contributed by atoms with Gasteiger partial charge in [-0.15, -0.1) is 0 Å². The number of carbonyl (C=O) groups is 1. The first-order valence-electron chi connectivity index (χ1n) is 7.91. The minimum Gasteiger partial charge on any atom is -0.497 e. The van der Waals surface area contributed by atoms with Crippen molar-refractivity contribution in [2.45, 2.75) is 0 Å². The average molecular weight is 369 g/mol. The van der Waals surface area contributed by atoms with Gasteiger partial charge in [0.25, 0.3) is 5.91 Å². The molecule has 3 rings (SSSR count). The third-order valence-electron chi connectivity index (χ3n) is 3.72. The number of hydrogen-bond donors (Lipinski definition) is 1. The van der Waals surface area contributed by atoms with Crippen LogP contribution in [0, 0.1) is 5.82 Å². The molecule has 138 valence electrons. The molecule has 1 heterocycles. The standard InChI is InChI=1S/C19H16FN3O4/c1-26-15-5-3-4-13(10-15)21-19(25)18-16(24)11-17(27-2)23(22-18)14-8-6-12(20)7-9-14/h3-11H,1-2H3,(H,21,25). The third kappa shape index (κ3) is 3.95. The second-order valence-electron chi connectivity index (χ2n) is 5.47. The van der Waals surface area contributed by atoms with Crippen molar-refractivity contribution in [2.24, 2.45) is 0 Å². The average Bonchev–Trinajstić information content (AvgIpc) is 2.68. The molecule has 0 aliphatic heterocycles. The molecule has 0 bridgehead atoms. The van der Waals surface area contributed by atoms with Crippen LogP contribution >= 0.6 is 0 Å². The van der Waals surface area contributed by atoms with Gasteiger partial charge in [0.2, 0.25) is 11.3 Å². The van der Waals surface area contributed by atoms with Crippen LogP contribution in [0.5, 0.6) is 11.6 Å². The fourth-order valence-corrected chi connectivity index (χ4v) is 2.40. The molecule has 1 amide bonds. The molecule has 0 aliphatic rings. The molecule has 0 radical (unpaired) electrons. The maximum atomic E-state index is 13.2. The monoisotopic (exact) mass is 369 g/mol. The summed E-state index contributed by atoms with van der Waals surface area (Å²) in [5, 5.41) is 6.70. The van der Waals surface area contributed by atoms with Gasteiger partial charge in [0.15, 0.2) is 5.69 Å². The summed E-state index contributed by atoms with van der Waals surface area (Å²) in [5.41, 5.74) is -0.0538. The summed E-state index contributed by atoms with van der Waals surface area (Å²) in [6, 6.07) is 13.2. The molecule has 27 heavy (non-hydrogen) atoms. The fraction of sp³-hybridized carbons (Fsp3) is 0.105. The highest BCUT2D eigenvalue weighted by molar-refractivity contribution is 6.02. The topological polar surface area (TPSA) is 82.4 Å². The van der Waals surface area contributed by atoms with Crippen LogP contribution in [-0.2, 0) is 0 Å².